The second-order valence-electron chi connectivity index (χ2n) is 17.4. The number of aliphatic hydroxyl groups is 1. The minimum Gasteiger partial charge on any atom is -0.508 e. The molecule has 64 heavy (non-hydrogen) atoms. The van der Waals surface area contributed by atoms with Crippen LogP contribution in [-0.4, -0.2) is 93.1 Å². The van der Waals surface area contributed by atoms with Crippen molar-refractivity contribution < 1.29 is 51.9 Å². The quantitative estimate of drug-likeness (QED) is 0.0998. The second-order valence-corrected chi connectivity index (χ2v) is 18.7. The maximum atomic E-state index is 12.3. The Labute approximate surface area is 396 Å². The maximum absolute atomic E-state index is 12.3. The molecule has 18 heteroatoms. The number of phenolic OH excluding ortho intramolecular Hbond substituents is 1. The number of aliphatic hydroxyl groups excluding tert-OH is 1. The Morgan fingerprint density at radius 3 is 1.38 bits per heavy atom. The molecule has 3 saturated carbocycles. The number of hydrogen-bond donors (Lipinski definition) is 5. The molecule has 0 bridgehead atoms. The molecule has 6 N–H and O–H groups in total. The monoisotopic (exact) mass is 983 g/mol. The van der Waals surface area contributed by atoms with E-state index < -0.39 is 43.4 Å². The number of halogens is 7. The number of alkyl halides is 3. The fraction of sp³-hybridized carbons (Fsp3) is 0.565. The van der Waals surface area contributed by atoms with Gasteiger partial charge in [0, 0.05) is 28.2 Å². The van der Waals surface area contributed by atoms with E-state index >= 15 is 0 Å². The van der Waals surface area contributed by atoms with Crippen molar-refractivity contribution in [2.24, 2.45) is 23.5 Å². The summed E-state index contributed by atoms with van der Waals surface area (Å²) in [5, 5.41) is 24.8. The zero-order valence-corrected chi connectivity index (χ0v) is 40.3. The molecule has 6 unspecified atom stereocenters. The summed E-state index contributed by atoms with van der Waals surface area (Å²) in [5.74, 6) is 3.77. The highest BCUT2D eigenvalue weighted by atomic mass is 35.5. The van der Waals surface area contributed by atoms with Crippen LogP contribution in [0.5, 0.6) is 17.2 Å². The van der Waals surface area contributed by atoms with Crippen LogP contribution in [0.25, 0.3) is 0 Å². The van der Waals surface area contributed by atoms with Gasteiger partial charge in [0.2, 0.25) is 0 Å². The van der Waals surface area contributed by atoms with Gasteiger partial charge in [-0.15, -0.1) is 12.4 Å². The average Bonchev–Trinajstić information content (AvgIpc) is 4.11. The van der Waals surface area contributed by atoms with Crippen molar-refractivity contribution in [3.8, 4) is 17.2 Å². The molecule has 11 nitrogen and oxygen atoms in total. The van der Waals surface area contributed by atoms with Crippen molar-refractivity contribution in [2.75, 3.05) is 59.5 Å². The van der Waals surface area contributed by atoms with Gasteiger partial charge >= 0.3 is 12.2 Å². The van der Waals surface area contributed by atoms with Gasteiger partial charge in [0.05, 0.1) is 6.61 Å². The molecule has 3 aromatic carbocycles. The molecule has 2 amide bonds. The van der Waals surface area contributed by atoms with Crippen LogP contribution in [0.3, 0.4) is 0 Å². The number of amides is 2. The Hall–Kier alpha value is -3.53. The zero-order chi connectivity index (χ0) is 46.9. The van der Waals surface area contributed by atoms with Crippen LogP contribution in [0.4, 0.5) is 22.8 Å². The van der Waals surface area contributed by atoms with Gasteiger partial charge in [0.1, 0.15) is 61.7 Å². The van der Waals surface area contributed by atoms with Gasteiger partial charge < -0.3 is 45.5 Å². The molecular formula is C46H64Cl4F3N3O8. The molecule has 360 valence electrons. The summed E-state index contributed by atoms with van der Waals surface area (Å²) in [6.07, 6.45) is 2.12. The van der Waals surface area contributed by atoms with E-state index in [1.54, 1.807) is 42.5 Å². The molecule has 0 saturated heterocycles. The molecule has 3 aliphatic carbocycles. The van der Waals surface area contributed by atoms with Crippen LogP contribution in [-0.2, 0) is 9.47 Å². The molecule has 0 spiro atoms. The number of carbonyl (C=O) groups excluding carboxylic acids is 2. The predicted octanol–water partition coefficient (Wildman–Crippen LogP) is 11.1. The summed E-state index contributed by atoms with van der Waals surface area (Å²) < 4.78 is 56.1. The molecule has 3 aromatic rings. The van der Waals surface area contributed by atoms with Gasteiger partial charge in [-0.05, 0) is 174 Å². The van der Waals surface area contributed by atoms with Crippen molar-refractivity contribution in [1.29, 1.82) is 0 Å². The molecule has 6 atom stereocenters. The number of ether oxygens (including phenoxy) is 4. The molecule has 0 heterocycles. The topological polar surface area (TPSA) is 162 Å². The number of alkyl carbamates (subject to hydrolysis) is 2. The maximum Gasteiger partial charge on any atom is 0.407 e. The number of benzene rings is 3. The van der Waals surface area contributed by atoms with Crippen LogP contribution in [0.2, 0.25) is 15.1 Å². The molecule has 0 aliphatic heterocycles. The highest BCUT2D eigenvalue weighted by Gasteiger charge is 2.42. The summed E-state index contributed by atoms with van der Waals surface area (Å²) in [7, 11) is 0. The Balaban J connectivity index is 0.000000318. The summed E-state index contributed by atoms with van der Waals surface area (Å²) in [4.78, 5) is 23.2. The number of rotatable bonds is 15. The lowest BCUT2D eigenvalue weighted by molar-refractivity contribution is 0.0513. The van der Waals surface area contributed by atoms with Crippen LogP contribution >= 0.6 is 47.2 Å². The third kappa shape index (κ3) is 20.8. The van der Waals surface area contributed by atoms with E-state index in [0.29, 0.717) is 64.1 Å². The predicted molar refractivity (Wildman–Crippen MR) is 249 cm³/mol. The first-order valence-electron chi connectivity index (χ1n) is 21.0. The van der Waals surface area contributed by atoms with Crippen molar-refractivity contribution >= 4 is 59.4 Å². The summed E-state index contributed by atoms with van der Waals surface area (Å²) in [6, 6.07) is 15.9. The minimum atomic E-state index is -0.625. The Morgan fingerprint density at radius 2 is 1.02 bits per heavy atom. The van der Waals surface area contributed by atoms with Crippen LogP contribution in [0.15, 0.2) is 54.6 Å². The van der Waals surface area contributed by atoms with Gasteiger partial charge in [-0.1, -0.05) is 34.8 Å². The first-order valence-corrected chi connectivity index (χ1v) is 22.1. The van der Waals surface area contributed by atoms with Gasteiger partial charge in [-0.3, -0.25) is 0 Å². The smallest absolute Gasteiger partial charge is 0.407 e. The van der Waals surface area contributed by atoms with Crippen LogP contribution < -0.4 is 25.8 Å². The first kappa shape index (κ1) is 56.6. The lowest BCUT2D eigenvalue weighted by atomic mass is 10.1. The van der Waals surface area contributed by atoms with Crippen molar-refractivity contribution in [1.82, 2.24) is 10.6 Å². The van der Waals surface area contributed by atoms with E-state index in [-0.39, 0.29) is 49.8 Å². The number of hydrogen-bond acceptors (Lipinski definition) is 9. The van der Waals surface area contributed by atoms with E-state index in [1.165, 1.54) is 0 Å². The molecule has 3 aliphatic rings. The minimum absolute atomic E-state index is 0. The summed E-state index contributed by atoms with van der Waals surface area (Å²) >= 11 is 17.9. The Kier molecular flexibility index (Phi) is 24.0. The lowest BCUT2D eigenvalue weighted by Crippen LogP contribution is -2.33. The zero-order valence-electron chi connectivity index (χ0n) is 37.2. The fourth-order valence-electron chi connectivity index (χ4n) is 6.65. The largest absolute Gasteiger partial charge is 0.508 e. The fourth-order valence-corrected chi connectivity index (χ4v) is 7.20. The molecule has 6 rings (SSSR count). The first-order chi connectivity index (χ1) is 29.7. The van der Waals surface area contributed by atoms with E-state index in [4.69, 9.17) is 64.6 Å². The molecule has 0 aromatic heterocycles. The molecular weight excluding hydrogens is 921 g/mol. The third-order valence-electron chi connectivity index (χ3n) is 9.77. The summed E-state index contributed by atoms with van der Waals surface area (Å²) in [6.45, 7) is 10.9. The average molecular weight is 986 g/mol. The SMILES string of the molecule is CC(C)(C)OC(=O)NCC1CC1c1cc(Cl)ccc1O.CC(C)(C)OC(=O)NCC1CC1c1cc(Cl)ccc1OCCF.Cl.NCC1CC1c1cc(Cl)ccc1OCCF.OCCF. The Bertz CT molecular complexity index is 1900. The van der Waals surface area contributed by atoms with E-state index in [0.717, 1.165) is 41.7 Å². The van der Waals surface area contributed by atoms with E-state index in [2.05, 4.69) is 10.6 Å². The van der Waals surface area contributed by atoms with Gasteiger partial charge in [0.15, 0.2) is 0 Å². The van der Waals surface area contributed by atoms with Crippen molar-refractivity contribution in [3.05, 3.63) is 86.4 Å². The number of nitrogens with one attached hydrogen (secondary N) is 2. The van der Waals surface area contributed by atoms with Crippen molar-refractivity contribution in [2.45, 2.75) is 89.8 Å². The summed E-state index contributed by atoms with van der Waals surface area (Å²) in [5.41, 5.74) is 7.52. The number of carbonyl (C=O) groups is 2. The second kappa shape index (κ2) is 27.2. The third-order valence-corrected chi connectivity index (χ3v) is 10.5. The van der Waals surface area contributed by atoms with Crippen LogP contribution in [0, 0.1) is 17.8 Å². The van der Waals surface area contributed by atoms with Gasteiger partial charge in [-0.2, -0.15) is 0 Å². The van der Waals surface area contributed by atoms with Crippen molar-refractivity contribution in [3.63, 3.8) is 0 Å². The van der Waals surface area contributed by atoms with E-state index in [9.17, 15) is 27.9 Å². The number of nitrogens with two attached hydrogens (primary N) is 1. The molecule has 3 fully saturated rings. The lowest BCUT2D eigenvalue weighted by Gasteiger charge is -2.19. The molecule has 0 radical (unpaired) electrons. The highest BCUT2D eigenvalue weighted by molar-refractivity contribution is 6.31. The van der Waals surface area contributed by atoms with Crippen LogP contribution in [0.1, 0.15) is 95.2 Å². The van der Waals surface area contributed by atoms with Gasteiger partial charge in [0.25, 0.3) is 0 Å². The van der Waals surface area contributed by atoms with Gasteiger partial charge in [-0.25, -0.2) is 22.8 Å². The number of phenols is 1. The Morgan fingerprint density at radius 1 is 0.656 bits per heavy atom. The number of aromatic hydroxyl groups is 1. The normalized spacial score (nSPS) is 20.2. The highest BCUT2D eigenvalue weighted by Crippen LogP contribution is 2.52. The standard InChI is InChI=1S/C17H23ClFNO3.C15H20ClNO3.C12H15ClFNO.C2H5FO.ClH/c1-17(2,3)23-16(21)20-10-11-8-13(11)14-9-12(18)4-5-15(14)22-7-6-19;1-15(2,3)20-14(19)17-8-9-6-11(9)12-7-10(16)4-5-13(12)18;13-9-1-2-12(16-4-3-14)11(6-9)10-5-8(10)7-15;3-1-2-4;/h4-5,9,11,13H,6-8,10H2,1-3H3,(H,20,21);4-5,7,9,11,18H,6,8H2,1-3H3,(H,17,19);1-2,6,8,10H,3-5,7,15H2;4H,1-2H2;1H. The van der Waals surface area contributed by atoms with E-state index in [1.807, 2.05) is 53.7 Å².